The van der Waals surface area contributed by atoms with Crippen LogP contribution in [0.2, 0.25) is 0 Å². The largest absolute Gasteiger partial charge is 0.497 e. The van der Waals surface area contributed by atoms with E-state index in [1.807, 2.05) is 60.9 Å². The molecule has 1 N–H and O–H groups in total. The summed E-state index contributed by atoms with van der Waals surface area (Å²) in [7, 11) is 1.65. The second-order valence-corrected chi connectivity index (χ2v) is 7.02. The van der Waals surface area contributed by atoms with Crippen molar-refractivity contribution in [2.75, 3.05) is 13.7 Å². The molecule has 0 fully saturated rings. The van der Waals surface area contributed by atoms with Gasteiger partial charge in [-0.3, -0.25) is 14.8 Å². The normalized spacial score (nSPS) is 11.5. The summed E-state index contributed by atoms with van der Waals surface area (Å²) in [6, 6.07) is 15.7. The SMILES string of the molecule is COc1ccc(/C(=C/C=C/C(=O)NCCCCc2cccnc2)c2cccnc2)cc1. The highest BCUT2D eigenvalue weighted by molar-refractivity contribution is 5.88. The van der Waals surface area contributed by atoms with Crippen molar-refractivity contribution in [1.82, 2.24) is 15.3 Å². The average molecular weight is 414 g/mol. The van der Waals surface area contributed by atoms with Crippen LogP contribution in [0.25, 0.3) is 5.57 Å². The first-order valence-corrected chi connectivity index (χ1v) is 10.4. The van der Waals surface area contributed by atoms with Gasteiger partial charge in [-0.15, -0.1) is 0 Å². The number of carbonyl (C=O) groups is 1. The van der Waals surface area contributed by atoms with Crippen LogP contribution in [0.3, 0.4) is 0 Å². The van der Waals surface area contributed by atoms with Gasteiger partial charge in [0.25, 0.3) is 0 Å². The number of nitrogens with one attached hydrogen (secondary N) is 1. The van der Waals surface area contributed by atoms with Crippen molar-refractivity contribution in [2.45, 2.75) is 19.3 Å². The van der Waals surface area contributed by atoms with Gasteiger partial charge in [0.15, 0.2) is 0 Å². The molecule has 2 heterocycles. The lowest BCUT2D eigenvalue weighted by Crippen LogP contribution is -2.22. The molecule has 0 radical (unpaired) electrons. The summed E-state index contributed by atoms with van der Waals surface area (Å²) in [5.74, 6) is 0.700. The maximum atomic E-state index is 12.1. The van der Waals surface area contributed by atoms with E-state index >= 15 is 0 Å². The Labute approximate surface area is 183 Å². The Morgan fingerprint density at radius 2 is 1.74 bits per heavy atom. The van der Waals surface area contributed by atoms with Crippen molar-refractivity contribution in [2.24, 2.45) is 0 Å². The van der Waals surface area contributed by atoms with E-state index in [9.17, 15) is 4.79 Å². The van der Waals surface area contributed by atoms with E-state index < -0.39 is 0 Å². The van der Waals surface area contributed by atoms with Crippen LogP contribution in [-0.4, -0.2) is 29.5 Å². The van der Waals surface area contributed by atoms with Crippen LogP contribution in [0.15, 0.2) is 91.5 Å². The number of hydrogen-bond donors (Lipinski definition) is 1. The molecule has 3 rings (SSSR count). The molecule has 5 heteroatoms. The second kappa shape index (κ2) is 12.1. The zero-order chi connectivity index (χ0) is 21.7. The number of allylic oxidation sites excluding steroid dienone is 2. The molecule has 0 aliphatic carbocycles. The molecular weight excluding hydrogens is 386 g/mol. The molecular formula is C26H27N3O2. The summed E-state index contributed by atoms with van der Waals surface area (Å²) in [5.41, 5.74) is 4.21. The summed E-state index contributed by atoms with van der Waals surface area (Å²) in [4.78, 5) is 20.5. The summed E-state index contributed by atoms with van der Waals surface area (Å²) in [5, 5.41) is 2.94. The predicted molar refractivity (Wildman–Crippen MR) is 124 cm³/mol. The number of carbonyl (C=O) groups excluding carboxylic acids is 1. The molecule has 1 amide bonds. The fourth-order valence-corrected chi connectivity index (χ4v) is 3.15. The molecule has 3 aromatic rings. The van der Waals surface area contributed by atoms with Gasteiger partial charge in [0, 0.05) is 43.0 Å². The molecule has 2 aromatic heterocycles. The molecule has 0 spiro atoms. The number of aromatic nitrogens is 2. The quantitative estimate of drug-likeness (QED) is 0.299. The number of pyridine rings is 2. The minimum atomic E-state index is -0.0992. The van der Waals surface area contributed by atoms with E-state index in [4.69, 9.17) is 4.74 Å². The first kappa shape index (κ1) is 22.0. The zero-order valence-electron chi connectivity index (χ0n) is 17.7. The number of nitrogens with zero attached hydrogens (tertiary/aromatic N) is 2. The van der Waals surface area contributed by atoms with Gasteiger partial charge in [0.1, 0.15) is 5.75 Å². The van der Waals surface area contributed by atoms with Crippen LogP contribution in [0.4, 0.5) is 0 Å². The Morgan fingerprint density at radius 1 is 0.968 bits per heavy atom. The van der Waals surface area contributed by atoms with Gasteiger partial charge in [-0.2, -0.15) is 0 Å². The van der Waals surface area contributed by atoms with Crippen LogP contribution in [-0.2, 0) is 11.2 Å². The first-order chi connectivity index (χ1) is 15.3. The Morgan fingerprint density at radius 3 is 2.42 bits per heavy atom. The maximum absolute atomic E-state index is 12.1. The van der Waals surface area contributed by atoms with Gasteiger partial charge in [0.2, 0.25) is 5.91 Å². The third kappa shape index (κ3) is 7.23. The fraction of sp³-hybridized carbons (Fsp3) is 0.192. The summed E-state index contributed by atoms with van der Waals surface area (Å²) in [6.07, 6.45) is 15.4. The molecule has 5 nitrogen and oxygen atoms in total. The van der Waals surface area contributed by atoms with E-state index in [1.165, 1.54) is 5.56 Å². The molecule has 31 heavy (non-hydrogen) atoms. The Kier molecular flexibility index (Phi) is 8.56. The predicted octanol–water partition coefficient (Wildman–Crippen LogP) is 4.61. The maximum Gasteiger partial charge on any atom is 0.243 e. The lowest BCUT2D eigenvalue weighted by molar-refractivity contribution is -0.116. The first-order valence-electron chi connectivity index (χ1n) is 10.4. The van der Waals surface area contributed by atoms with Gasteiger partial charge in [-0.05, 0) is 60.2 Å². The van der Waals surface area contributed by atoms with Gasteiger partial charge in [0.05, 0.1) is 7.11 Å². The van der Waals surface area contributed by atoms with Crippen molar-refractivity contribution in [3.05, 3.63) is 108 Å². The molecule has 0 atom stereocenters. The highest BCUT2D eigenvalue weighted by Gasteiger charge is 2.05. The standard InChI is InChI=1S/C26H27N3O2/c1-31-24-14-12-22(13-15-24)25(23-9-6-17-28-20-23)10-4-11-26(30)29-18-3-2-7-21-8-5-16-27-19-21/h4-6,8-17,19-20H,2-3,7,18H2,1H3,(H,29,30)/b11-4+,25-10-. The third-order valence-electron chi connectivity index (χ3n) is 4.80. The zero-order valence-corrected chi connectivity index (χ0v) is 17.7. The molecule has 0 aliphatic heterocycles. The van der Waals surface area contributed by atoms with Crippen LogP contribution in [0.1, 0.15) is 29.5 Å². The highest BCUT2D eigenvalue weighted by Crippen LogP contribution is 2.24. The van der Waals surface area contributed by atoms with E-state index in [-0.39, 0.29) is 5.91 Å². The van der Waals surface area contributed by atoms with Crippen molar-refractivity contribution >= 4 is 11.5 Å². The third-order valence-corrected chi connectivity index (χ3v) is 4.80. The van der Waals surface area contributed by atoms with E-state index in [0.29, 0.717) is 6.54 Å². The average Bonchev–Trinajstić information content (AvgIpc) is 2.83. The molecule has 0 saturated carbocycles. The summed E-state index contributed by atoms with van der Waals surface area (Å²) in [6.45, 7) is 0.654. The minimum Gasteiger partial charge on any atom is -0.497 e. The smallest absolute Gasteiger partial charge is 0.243 e. The highest BCUT2D eigenvalue weighted by atomic mass is 16.5. The monoisotopic (exact) mass is 413 g/mol. The van der Waals surface area contributed by atoms with Gasteiger partial charge < -0.3 is 10.1 Å². The molecule has 0 saturated heterocycles. The van der Waals surface area contributed by atoms with Gasteiger partial charge in [-0.1, -0.05) is 36.4 Å². The Hall–Kier alpha value is -3.73. The molecule has 0 unspecified atom stereocenters. The molecule has 0 aliphatic rings. The molecule has 158 valence electrons. The number of methoxy groups -OCH3 is 1. The lowest BCUT2D eigenvalue weighted by atomic mass is 9.99. The van der Waals surface area contributed by atoms with Gasteiger partial charge in [-0.25, -0.2) is 0 Å². The Balaban J connectivity index is 1.55. The molecule has 1 aromatic carbocycles. The number of ether oxygens (including phenoxy) is 1. The van der Waals surface area contributed by atoms with E-state index in [2.05, 4.69) is 21.4 Å². The van der Waals surface area contributed by atoms with E-state index in [1.54, 1.807) is 31.7 Å². The summed E-state index contributed by atoms with van der Waals surface area (Å²) < 4.78 is 5.25. The van der Waals surface area contributed by atoms with Crippen LogP contribution < -0.4 is 10.1 Å². The molecule has 0 bridgehead atoms. The van der Waals surface area contributed by atoms with Crippen LogP contribution in [0, 0.1) is 0 Å². The number of hydrogen-bond acceptors (Lipinski definition) is 4. The van der Waals surface area contributed by atoms with Crippen molar-refractivity contribution in [3.63, 3.8) is 0 Å². The van der Waals surface area contributed by atoms with Crippen molar-refractivity contribution in [3.8, 4) is 5.75 Å². The second-order valence-electron chi connectivity index (χ2n) is 7.02. The van der Waals surface area contributed by atoms with Gasteiger partial charge >= 0.3 is 0 Å². The van der Waals surface area contributed by atoms with Crippen molar-refractivity contribution < 1.29 is 9.53 Å². The Bertz CT molecular complexity index is 998. The summed E-state index contributed by atoms with van der Waals surface area (Å²) >= 11 is 0. The topological polar surface area (TPSA) is 64.1 Å². The number of amides is 1. The number of benzene rings is 1. The number of aryl methyl sites for hydroxylation is 1. The van der Waals surface area contributed by atoms with Crippen molar-refractivity contribution in [1.29, 1.82) is 0 Å². The number of rotatable bonds is 10. The number of unbranched alkanes of at least 4 members (excludes halogenated alkanes) is 1. The minimum absolute atomic E-state index is 0.0992. The lowest BCUT2D eigenvalue weighted by Gasteiger charge is -2.08. The van der Waals surface area contributed by atoms with Crippen LogP contribution >= 0.6 is 0 Å². The van der Waals surface area contributed by atoms with Crippen LogP contribution in [0.5, 0.6) is 5.75 Å². The fourth-order valence-electron chi connectivity index (χ4n) is 3.15. The van der Waals surface area contributed by atoms with E-state index in [0.717, 1.165) is 41.7 Å².